The molecule has 0 radical (unpaired) electrons. The molecule has 20 nitrogen and oxygen atoms in total. The number of aromatic nitrogens is 1. The van der Waals surface area contributed by atoms with Crippen molar-refractivity contribution in [3.8, 4) is 17.6 Å². The Labute approximate surface area is 478 Å². The van der Waals surface area contributed by atoms with E-state index >= 15 is 0 Å². The number of pyridine rings is 1. The number of carbonyl (C=O) groups is 2. The second kappa shape index (κ2) is 37.2. The van der Waals surface area contributed by atoms with Gasteiger partial charge in [-0.15, -0.1) is 0 Å². The van der Waals surface area contributed by atoms with Crippen molar-refractivity contribution >= 4 is 35.8 Å². The third kappa shape index (κ3) is 25.2. The fraction of sp³-hybridized carbons (Fsp3) is 0.500. The van der Waals surface area contributed by atoms with E-state index in [1.165, 1.54) is 28.8 Å². The number of hydrogen-bond acceptors (Lipinski definition) is 17. The maximum absolute atomic E-state index is 14.2. The van der Waals surface area contributed by atoms with Crippen LogP contribution in [0.5, 0.6) is 5.75 Å². The Morgan fingerprint density at radius 2 is 1.16 bits per heavy atom. The van der Waals surface area contributed by atoms with Crippen molar-refractivity contribution in [1.82, 2.24) is 19.7 Å². The van der Waals surface area contributed by atoms with Crippen LogP contribution in [0.4, 0.5) is 18.9 Å². The van der Waals surface area contributed by atoms with Crippen LogP contribution in [0.1, 0.15) is 48.5 Å². The molecule has 1 aliphatic heterocycles. The topological polar surface area (TPSA) is 226 Å². The van der Waals surface area contributed by atoms with Crippen molar-refractivity contribution < 1.29 is 80.2 Å². The van der Waals surface area contributed by atoms with Gasteiger partial charge in [0.15, 0.2) is 0 Å². The van der Waals surface area contributed by atoms with Crippen molar-refractivity contribution in [2.75, 3.05) is 171 Å². The van der Waals surface area contributed by atoms with Gasteiger partial charge in [0, 0.05) is 73.9 Å². The molecule has 1 fully saturated rings. The molecule has 5 N–H and O–H groups in total. The Kier molecular flexibility index (Phi) is 30.3. The molecule has 0 aliphatic carbocycles. The third-order valence-electron chi connectivity index (χ3n) is 12.5. The van der Waals surface area contributed by atoms with Crippen molar-refractivity contribution in [2.24, 2.45) is 0 Å². The number of likely N-dealkylation sites (N-methyl/N-ethyl adjacent to an activating group) is 1. The molecule has 24 heteroatoms. The number of amides is 2. The van der Waals surface area contributed by atoms with E-state index in [1.54, 1.807) is 49.5 Å². The number of allylic oxidation sites excluding steroid dienone is 1. The first-order valence-corrected chi connectivity index (χ1v) is 27.2. The number of piperazine rings is 1. The number of benzene rings is 3. The van der Waals surface area contributed by atoms with Gasteiger partial charge >= 0.3 is 13.3 Å². The van der Waals surface area contributed by atoms with E-state index in [4.69, 9.17) is 52.8 Å². The SMILES string of the molecule is C=C(C#Cc1cc(C(=O)Nc2ccc(CN3CCN(C)CC3)c(C(F)(F)F)c2)ccc1C)n1ccc(OCCOCCOCCOCCOCCOCCOCCOCCOCCOCCNC(=O)c2ccc(B(O)O)c(C)c2)cc1=N. The predicted molar refractivity (Wildman–Crippen MR) is 302 cm³/mol. The average Bonchev–Trinajstić information content (AvgIpc) is 3.56. The molecule has 0 unspecified atom stereocenters. The van der Waals surface area contributed by atoms with Gasteiger partial charge in [-0.2, -0.15) is 13.2 Å². The summed E-state index contributed by atoms with van der Waals surface area (Å²) >= 11 is 0. The number of nitrogens with one attached hydrogen (secondary N) is 3. The van der Waals surface area contributed by atoms with Gasteiger partial charge in [-0.05, 0) is 85.9 Å². The lowest BCUT2D eigenvalue weighted by Crippen LogP contribution is -2.44. The van der Waals surface area contributed by atoms with Gasteiger partial charge in [-0.3, -0.25) is 24.5 Å². The van der Waals surface area contributed by atoms with E-state index in [-0.39, 0.29) is 41.4 Å². The minimum atomic E-state index is -4.59. The summed E-state index contributed by atoms with van der Waals surface area (Å²) in [5.41, 5.74) is 2.70. The van der Waals surface area contributed by atoms with E-state index in [2.05, 4.69) is 34.0 Å². The Bertz CT molecular complexity index is 2720. The van der Waals surface area contributed by atoms with E-state index in [9.17, 15) is 32.8 Å². The molecule has 4 aromatic rings. The number of alkyl halides is 3. The molecule has 448 valence electrons. The Hall–Kier alpha value is -6.02. The van der Waals surface area contributed by atoms with E-state index in [1.807, 2.05) is 18.9 Å². The summed E-state index contributed by atoms with van der Waals surface area (Å²) in [4.78, 5) is 29.7. The van der Waals surface area contributed by atoms with Crippen molar-refractivity contribution in [3.05, 3.63) is 124 Å². The normalized spacial score (nSPS) is 12.9. The number of anilines is 1. The average molecular weight is 1150 g/mol. The highest BCUT2D eigenvalue weighted by atomic mass is 19.4. The van der Waals surface area contributed by atoms with Crippen LogP contribution in [-0.2, 0) is 55.4 Å². The van der Waals surface area contributed by atoms with Crippen LogP contribution < -0.4 is 26.3 Å². The smallest absolute Gasteiger partial charge is 0.488 e. The predicted octanol–water partition coefficient (Wildman–Crippen LogP) is 3.76. The van der Waals surface area contributed by atoms with Crippen molar-refractivity contribution in [3.63, 3.8) is 0 Å². The molecule has 82 heavy (non-hydrogen) atoms. The molecule has 1 saturated heterocycles. The fourth-order valence-electron chi connectivity index (χ4n) is 7.93. The summed E-state index contributed by atoms with van der Waals surface area (Å²) in [5.74, 6) is 5.57. The molecule has 1 aliphatic rings. The lowest BCUT2D eigenvalue weighted by molar-refractivity contribution is -0.138. The van der Waals surface area contributed by atoms with Crippen molar-refractivity contribution in [2.45, 2.75) is 26.6 Å². The summed E-state index contributed by atoms with van der Waals surface area (Å²) in [6, 6.07) is 16.6. The number of ether oxygens (including phenoxy) is 10. The number of halogens is 3. The lowest BCUT2D eigenvalue weighted by Gasteiger charge is -2.33. The number of aryl methyl sites for hydroxylation is 2. The third-order valence-corrected chi connectivity index (χ3v) is 12.5. The molecule has 0 atom stereocenters. The molecule has 3 aromatic carbocycles. The van der Waals surface area contributed by atoms with Crippen LogP contribution in [0.25, 0.3) is 5.70 Å². The summed E-state index contributed by atoms with van der Waals surface area (Å²) in [7, 11) is 0.406. The second-order valence-electron chi connectivity index (χ2n) is 18.8. The summed E-state index contributed by atoms with van der Waals surface area (Å²) in [5, 5.41) is 32.5. The van der Waals surface area contributed by atoms with Gasteiger partial charge in [-0.1, -0.05) is 36.3 Å². The highest BCUT2D eigenvalue weighted by Crippen LogP contribution is 2.35. The maximum Gasteiger partial charge on any atom is 0.488 e. The number of hydrogen-bond donors (Lipinski definition) is 5. The number of rotatable bonds is 38. The van der Waals surface area contributed by atoms with Crippen LogP contribution in [0.2, 0.25) is 0 Å². The molecule has 0 saturated carbocycles. The van der Waals surface area contributed by atoms with Crippen LogP contribution in [0.15, 0.2) is 79.5 Å². The van der Waals surface area contributed by atoms with Gasteiger partial charge in [0.2, 0.25) is 0 Å². The largest absolute Gasteiger partial charge is 0.491 e. The summed E-state index contributed by atoms with van der Waals surface area (Å²) in [6.07, 6.45) is -2.98. The molecule has 5 rings (SSSR count). The number of nitrogens with zero attached hydrogens (tertiary/aromatic N) is 3. The van der Waals surface area contributed by atoms with Crippen LogP contribution in [0.3, 0.4) is 0 Å². The quantitative estimate of drug-likeness (QED) is 0.0245. The first-order valence-electron chi connectivity index (χ1n) is 27.2. The van der Waals surface area contributed by atoms with Gasteiger partial charge in [0.05, 0.1) is 130 Å². The van der Waals surface area contributed by atoms with E-state index in [0.29, 0.717) is 172 Å². The zero-order valence-electron chi connectivity index (χ0n) is 47.2. The lowest BCUT2D eigenvalue weighted by atomic mass is 9.77. The van der Waals surface area contributed by atoms with Gasteiger partial charge in [0.25, 0.3) is 11.8 Å². The molecule has 2 heterocycles. The molecular formula is C58H78BF3N6O14. The zero-order valence-corrected chi connectivity index (χ0v) is 47.2. The highest BCUT2D eigenvalue weighted by molar-refractivity contribution is 6.59. The Balaban J connectivity index is 0.798. The summed E-state index contributed by atoms with van der Waals surface area (Å²) in [6.45, 7) is 18.5. The second-order valence-corrected chi connectivity index (χ2v) is 18.8. The molecule has 0 bridgehead atoms. The van der Waals surface area contributed by atoms with Gasteiger partial charge in [-0.25, -0.2) is 0 Å². The maximum atomic E-state index is 14.2. The first-order chi connectivity index (χ1) is 39.6. The molecule has 1 aromatic heterocycles. The first kappa shape index (κ1) is 66.8. The number of carbonyl (C=O) groups excluding carboxylic acids is 2. The van der Waals surface area contributed by atoms with Gasteiger partial charge < -0.3 is 73.0 Å². The van der Waals surface area contributed by atoms with Gasteiger partial charge in [0.1, 0.15) is 17.8 Å². The molecule has 2 amide bonds. The Morgan fingerprint density at radius 1 is 0.646 bits per heavy atom. The zero-order chi connectivity index (χ0) is 59.0. The highest BCUT2D eigenvalue weighted by Gasteiger charge is 2.34. The Morgan fingerprint density at radius 3 is 1.67 bits per heavy atom. The molecular weight excluding hydrogens is 1070 g/mol. The molecule has 0 spiro atoms. The van der Waals surface area contributed by atoms with Crippen LogP contribution >= 0.6 is 0 Å². The monoisotopic (exact) mass is 1150 g/mol. The minimum absolute atomic E-state index is 0.0353. The van der Waals surface area contributed by atoms with E-state index < -0.39 is 24.8 Å². The van der Waals surface area contributed by atoms with E-state index in [0.717, 1.165) is 24.7 Å². The fourth-order valence-corrected chi connectivity index (χ4v) is 7.93. The minimum Gasteiger partial charge on any atom is -0.491 e. The van der Waals surface area contributed by atoms with Crippen LogP contribution in [-0.4, -0.2) is 209 Å². The standard InChI is InChI=1S/C58H78BF3N6O14/c1-44-5-7-49(57(70)65-51-11-9-50(53(41-51)58(60,61)62)43-67-18-16-66(4)17-19-67)40-47(44)8-6-46(3)68-15-13-52(42-55(68)63)82-38-37-81-36-35-80-34-33-79-32-31-78-30-29-77-28-27-76-26-25-75-24-23-74-22-21-73-20-14-64-56(69)48-10-12-54(59(71)72)45(2)39-48/h5,7,9-13,15,39-42,63,71-72H,3,14,16-38,43H2,1-2,4H3,(H,64,69)(H,65,70). The van der Waals surface area contributed by atoms with Crippen molar-refractivity contribution in [1.29, 1.82) is 5.41 Å². The summed E-state index contributed by atoms with van der Waals surface area (Å²) < 4.78 is 99.4. The van der Waals surface area contributed by atoms with Crippen LogP contribution in [0, 0.1) is 31.1 Å².